The van der Waals surface area contributed by atoms with E-state index in [0.717, 1.165) is 25.7 Å². The molecule has 2 atom stereocenters. The Kier molecular flexibility index (Phi) is 4.94. The van der Waals surface area contributed by atoms with Crippen molar-refractivity contribution in [3.05, 3.63) is 35.4 Å². The van der Waals surface area contributed by atoms with Gasteiger partial charge in [-0.3, -0.25) is 4.90 Å². The highest BCUT2D eigenvalue weighted by atomic mass is 16.5. The van der Waals surface area contributed by atoms with Gasteiger partial charge in [0.15, 0.2) is 0 Å². The minimum Gasteiger partial charge on any atom is -0.372 e. The standard InChI is InChI=1S/C18H28N2O/c1-14-3-5-15(6-4-14)12-20(2)13-18-10-9-17(21-18)11-19-16-7-8-16/h3-6,16-19H,7-13H2,1-2H3. The van der Waals surface area contributed by atoms with E-state index >= 15 is 0 Å². The van der Waals surface area contributed by atoms with Crippen LogP contribution in [0, 0.1) is 6.92 Å². The van der Waals surface area contributed by atoms with E-state index in [0.29, 0.717) is 12.2 Å². The smallest absolute Gasteiger partial charge is 0.0707 e. The van der Waals surface area contributed by atoms with Crippen molar-refractivity contribution in [1.29, 1.82) is 0 Å². The summed E-state index contributed by atoms with van der Waals surface area (Å²) in [5.74, 6) is 0. The predicted octanol–water partition coefficient (Wildman–Crippen LogP) is 2.73. The molecule has 0 radical (unpaired) electrons. The zero-order valence-electron chi connectivity index (χ0n) is 13.3. The highest BCUT2D eigenvalue weighted by Gasteiger charge is 2.28. The van der Waals surface area contributed by atoms with Crippen molar-refractivity contribution in [3.8, 4) is 0 Å². The van der Waals surface area contributed by atoms with Crippen LogP contribution in [0.5, 0.6) is 0 Å². The van der Waals surface area contributed by atoms with Crippen LogP contribution in [-0.4, -0.2) is 43.3 Å². The van der Waals surface area contributed by atoms with E-state index < -0.39 is 0 Å². The molecular formula is C18H28N2O. The molecule has 0 amide bonds. The summed E-state index contributed by atoms with van der Waals surface area (Å²) in [7, 11) is 2.19. The number of hydrogen-bond donors (Lipinski definition) is 1. The number of benzene rings is 1. The van der Waals surface area contributed by atoms with E-state index in [9.17, 15) is 0 Å². The lowest BCUT2D eigenvalue weighted by Crippen LogP contribution is -2.32. The SMILES string of the molecule is Cc1ccc(CN(C)CC2CCC(CNC3CC3)O2)cc1. The van der Waals surface area contributed by atoms with Gasteiger partial charge < -0.3 is 10.1 Å². The van der Waals surface area contributed by atoms with Crippen LogP contribution in [0.4, 0.5) is 0 Å². The van der Waals surface area contributed by atoms with E-state index in [1.807, 2.05) is 0 Å². The van der Waals surface area contributed by atoms with Gasteiger partial charge in [0.25, 0.3) is 0 Å². The largest absolute Gasteiger partial charge is 0.372 e. The summed E-state index contributed by atoms with van der Waals surface area (Å²) in [6.07, 6.45) is 5.97. The van der Waals surface area contributed by atoms with E-state index in [4.69, 9.17) is 4.74 Å². The first-order chi connectivity index (χ1) is 10.2. The number of ether oxygens (including phenoxy) is 1. The van der Waals surface area contributed by atoms with Gasteiger partial charge in [0.1, 0.15) is 0 Å². The predicted molar refractivity (Wildman–Crippen MR) is 86.4 cm³/mol. The third-order valence-corrected chi connectivity index (χ3v) is 4.50. The van der Waals surface area contributed by atoms with Gasteiger partial charge in [-0.05, 0) is 45.2 Å². The molecule has 21 heavy (non-hydrogen) atoms. The van der Waals surface area contributed by atoms with Crippen molar-refractivity contribution >= 4 is 0 Å². The molecule has 2 aliphatic rings. The molecule has 0 aromatic heterocycles. The van der Waals surface area contributed by atoms with Crippen LogP contribution in [0.3, 0.4) is 0 Å². The number of likely N-dealkylation sites (N-methyl/N-ethyl adjacent to an activating group) is 1. The third-order valence-electron chi connectivity index (χ3n) is 4.50. The summed E-state index contributed by atoms with van der Waals surface area (Å²) >= 11 is 0. The number of nitrogens with zero attached hydrogens (tertiary/aromatic N) is 1. The average Bonchev–Trinajstić information content (AvgIpc) is 3.19. The monoisotopic (exact) mass is 288 g/mol. The fourth-order valence-electron chi connectivity index (χ4n) is 3.07. The highest BCUT2D eigenvalue weighted by molar-refractivity contribution is 5.21. The number of rotatable bonds is 7. The lowest BCUT2D eigenvalue weighted by molar-refractivity contribution is 0.0266. The molecule has 0 spiro atoms. The molecule has 1 aromatic rings. The summed E-state index contributed by atoms with van der Waals surface area (Å²) in [5, 5.41) is 3.58. The van der Waals surface area contributed by atoms with Crippen molar-refractivity contribution in [2.75, 3.05) is 20.1 Å². The minimum atomic E-state index is 0.409. The molecule has 1 aliphatic heterocycles. The molecule has 3 rings (SSSR count). The maximum atomic E-state index is 6.16. The van der Waals surface area contributed by atoms with Crippen LogP contribution in [0.25, 0.3) is 0 Å². The summed E-state index contributed by atoms with van der Waals surface area (Å²) in [6.45, 7) is 5.22. The Labute approximate surface area is 128 Å². The van der Waals surface area contributed by atoms with Gasteiger partial charge in [0.05, 0.1) is 12.2 Å². The van der Waals surface area contributed by atoms with E-state index in [1.54, 1.807) is 0 Å². The topological polar surface area (TPSA) is 24.5 Å². The van der Waals surface area contributed by atoms with Crippen LogP contribution in [0.2, 0.25) is 0 Å². The summed E-state index contributed by atoms with van der Waals surface area (Å²) in [4.78, 5) is 2.38. The first-order valence-corrected chi connectivity index (χ1v) is 8.32. The average molecular weight is 288 g/mol. The molecular weight excluding hydrogens is 260 g/mol. The van der Waals surface area contributed by atoms with Crippen molar-refractivity contribution < 1.29 is 4.74 Å². The maximum Gasteiger partial charge on any atom is 0.0707 e. The van der Waals surface area contributed by atoms with Crippen molar-refractivity contribution in [3.63, 3.8) is 0 Å². The van der Waals surface area contributed by atoms with Crippen molar-refractivity contribution in [1.82, 2.24) is 10.2 Å². The molecule has 1 aliphatic carbocycles. The van der Waals surface area contributed by atoms with E-state index in [1.165, 1.54) is 36.8 Å². The highest BCUT2D eigenvalue weighted by Crippen LogP contribution is 2.23. The number of aryl methyl sites for hydroxylation is 1. The quantitative estimate of drug-likeness (QED) is 0.835. The summed E-state index contributed by atoms with van der Waals surface area (Å²) in [5.41, 5.74) is 2.71. The molecule has 1 saturated heterocycles. The molecule has 2 fully saturated rings. The van der Waals surface area contributed by atoms with Gasteiger partial charge in [-0.2, -0.15) is 0 Å². The summed E-state index contributed by atoms with van der Waals surface area (Å²) in [6, 6.07) is 9.62. The minimum absolute atomic E-state index is 0.409. The molecule has 3 heteroatoms. The Hall–Kier alpha value is -0.900. The molecule has 116 valence electrons. The first kappa shape index (κ1) is 15.0. The lowest BCUT2D eigenvalue weighted by Gasteiger charge is -2.21. The van der Waals surface area contributed by atoms with Crippen LogP contribution < -0.4 is 5.32 Å². The Balaban J connectivity index is 1.38. The molecule has 1 heterocycles. The van der Waals surface area contributed by atoms with Crippen molar-refractivity contribution in [2.24, 2.45) is 0 Å². The second-order valence-electron chi connectivity index (χ2n) is 6.82. The van der Waals surface area contributed by atoms with Crippen LogP contribution in [-0.2, 0) is 11.3 Å². The first-order valence-electron chi connectivity index (χ1n) is 8.32. The fraction of sp³-hybridized carbons (Fsp3) is 0.667. The van der Waals surface area contributed by atoms with Gasteiger partial charge in [0.2, 0.25) is 0 Å². The van der Waals surface area contributed by atoms with Gasteiger partial charge in [0, 0.05) is 25.7 Å². The number of hydrogen-bond acceptors (Lipinski definition) is 3. The van der Waals surface area contributed by atoms with Gasteiger partial charge >= 0.3 is 0 Å². The van der Waals surface area contributed by atoms with E-state index in [2.05, 4.69) is 48.5 Å². The van der Waals surface area contributed by atoms with Crippen molar-refractivity contribution in [2.45, 2.75) is 57.4 Å². The lowest BCUT2D eigenvalue weighted by atomic mass is 10.1. The van der Waals surface area contributed by atoms with Gasteiger partial charge in [-0.15, -0.1) is 0 Å². The third kappa shape index (κ3) is 4.80. The zero-order valence-corrected chi connectivity index (χ0v) is 13.3. The second-order valence-corrected chi connectivity index (χ2v) is 6.82. The normalized spacial score (nSPS) is 25.7. The molecule has 0 bridgehead atoms. The van der Waals surface area contributed by atoms with E-state index in [-0.39, 0.29) is 0 Å². The molecule has 1 saturated carbocycles. The Morgan fingerprint density at radius 1 is 1.10 bits per heavy atom. The van der Waals surface area contributed by atoms with Gasteiger partial charge in [-0.1, -0.05) is 29.8 Å². The molecule has 2 unspecified atom stereocenters. The number of nitrogens with one attached hydrogen (secondary N) is 1. The zero-order chi connectivity index (χ0) is 14.7. The molecule has 1 aromatic carbocycles. The van der Waals surface area contributed by atoms with Crippen LogP contribution in [0.15, 0.2) is 24.3 Å². The maximum absolute atomic E-state index is 6.16. The Morgan fingerprint density at radius 2 is 1.81 bits per heavy atom. The Bertz CT molecular complexity index is 441. The fourth-order valence-corrected chi connectivity index (χ4v) is 3.07. The Morgan fingerprint density at radius 3 is 2.52 bits per heavy atom. The summed E-state index contributed by atoms with van der Waals surface area (Å²) < 4.78 is 6.16. The van der Waals surface area contributed by atoms with Crippen LogP contribution in [0.1, 0.15) is 36.8 Å². The molecule has 1 N–H and O–H groups in total. The second kappa shape index (κ2) is 6.91. The van der Waals surface area contributed by atoms with Gasteiger partial charge in [-0.25, -0.2) is 0 Å². The molecule has 3 nitrogen and oxygen atoms in total. The van der Waals surface area contributed by atoms with Crippen LogP contribution >= 0.6 is 0 Å².